The van der Waals surface area contributed by atoms with Gasteiger partial charge in [-0.15, -0.1) is 0 Å². The predicted molar refractivity (Wildman–Crippen MR) is 109 cm³/mol. The van der Waals surface area contributed by atoms with Crippen molar-refractivity contribution in [2.45, 2.75) is 26.3 Å². The van der Waals surface area contributed by atoms with Crippen LogP contribution in [0.5, 0.6) is 5.75 Å². The summed E-state index contributed by atoms with van der Waals surface area (Å²) < 4.78 is 5.19. The smallest absolute Gasteiger partial charge is 0.244 e. The molecule has 0 saturated carbocycles. The van der Waals surface area contributed by atoms with E-state index in [2.05, 4.69) is 10.6 Å². The average molecular weight is 377 g/mol. The lowest BCUT2D eigenvalue weighted by molar-refractivity contribution is -0.117. The second-order valence-corrected chi connectivity index (χ2v) is 6.10. The highest BCUT2D eigenvalue weighted by molar-refractivity contribution is 5.92. The lowest BCUT2D eigenvalue weighted by Gasteiger charge is -2.14. The molecule has 1 atom stereocenters. The van der Waals surface area contributed by atoms with Gasteiger partial charge in [-0.3, -0.25) is 9.59 Å². The standard InChI is InChI=1S/C22H23N3O3/c1-3-21(26)25-19-9-7-18(8-10-19)16(2)24-22(27)13-6-17-4-11-20(12-5-17)28-15-14-23/h4-13,16H,3,15H2,1-2H3,(H,24,27)(H,25,26)/b13-6+. The number of nitrogens with zero attached hydrogens (tertiary/aromatic N) is 1. The van der Waals surface area contributed by atoms with Crippen molar-refractivity contribution in [3.63, 3.8) is 0 Å². The van der Waals surface area contributed by atoms with Crippen LogP contribution in [0.3, 0.4) is 0 Å². The zero-order valence-electron chi connectivity index (χ0n) is 15.9. The van der Waals surface area contributed by atoms with Crippen molar-refractivity contribution in [1.29, 1.82) is 5.26 Å². The number of anilines is 1. The number of amides is 2. The maximum Gasteiger partial charge on any atom is 0.244 e. The molecule has 6 nitrogen and oxygen atoms in total. The molecule has 0 radical (unpaired) electrons. The molecule has 144 valence electrons. The van der Waals surface area contributed by atoms with E-state index >= 15 is 0 Å². The second-order valence-electron chi connectivity index (χ2n) is 6.10. The zero-order valence-corrected chi connectivity index (χ0v) is 15.9. The van der Waals surface area contributed by atoms with Gasteiger partial charge in [0.25, 0.3) is 0 Å². The molecule has 0 aromatic heterocycles. The molecule has 0 heterocycles. The lowest BCUT2D eigenvalue weighted by atomic mass is 10.1. The summed E-state index contributed by atoms with van der Waals surface area (Å²) in [5.41, 5.74) is 2.52. The van der Waals surface area contributed by atoms with E-state index in [9.17, 15) is 9.59 Å². The number of hydrogen-bond acceptors (Lipinski definition) is 4. The average Bonchev–Trinajstić information content (AvgIpc) is 2.71. The van der Waals surface area contributed by atoms with Crippen LogP contribution in [0, 0.1) is 11.3 Å². The van der Waals surface area contributed by atoms with Gasteiger partial charge < -0.3 is 15.4 Å². The molecule has 2 aromatic carbocycles. The fraction of sp³-hybridized carbons (Fsp3) is 0.227. The highest BCUT2D eigenvalue weighted by atomic mass is 16.5. The van der Waals surface area contributed by atoms with Crippen molar-refractivity contribution in [1.82, 2.24) is 5.32 Å². The number of ether oxygens (including phenoxy) is 1. The Balaban J connectivity index is 1.88. The minimum atomic E-state index is -0.208. The van der Waals surface area contributed by atoms with E-state index in [1.54, 1.807) is 25.1 Å². The van der Waals surface area contributed by atoms with Gasteiger partial charge in [-0.2, -0.15) is 5.26 Å². The molecule has 6 heteroatoms. The Labute approximate surface area is 164 Å². The third kappa shape index (κ3) is 6.61. The number of carbonyl (C=O) groups excluding carboxylic acids is 2. The Bertz CT molecular complexity index is 865. The van der Waals surface area contributed by atoms with Gasteiger partial charge in [-0.1, -0.05) is 31.2 Å². The molecular weight excluding hydrogens is 354 g/mol. The van der Waals surface area contributed by atoms with Crippen molar-refractivity contribution < 1.29 is 14.3 Å². The number of nitrogens with one attached hydrogen (secondary N) is 2. The molecule has 0 aliphatic rings. The summed E-state index contributed by atoms with van der Waals surface area (Å²) in [6.07, 6.45) is 3.60. The van der Waals surface area contributed by atoms with Gasteiger partial charge >= 0.3 is 0 Å². The van der Waals surface area contributed by atoms with Gasteiger partial charge in [0.15, 0.2) is 6.61 Å². The van der Waals surface area contributed by atoms with Crippen molar-refractivity contribution in [3.05, 3.63) is 65.7 Å². The number of hydrogen-bond donors (Lipinski definition) is 2. The van der Waals surface area contributed by atoms with Gasteiger partial charge in [0.2, 0.25) is 11.8 Å². The Morgan fingerprint density at radius 1 is 1.14 bits per heavy atom. The van der Waals surface area contributed by atoms with Crippen LogP contribution < -0.4 is 15.4 Å². The lowest BCUT2D eigenvalue weighted by Crippen LogP contribution is -2.24. The Morgan fingerprint density at radius 2 is 1.82 bits per heavy atom. The molecule has 0 spiro atoms. The fourth-order valence-electron chi connectivity index (χ4n) is 2.41. The van der Waals surface area contributed by atoms with Crippen LogP contribution in [0.4, 0.5) is 5.69 Å². The normalized spacial score (nSPS) is 11.5. The summed E-state index contributed by atoms with van der Waals surface area (Å²) in [5, 5.41) is 14.2. The molecule has 2 amide bonds. The zero-order chi connectivity index (χ0) is 20.4. The van der Waals surface area contributed by atoms with Crippen molar-refractivity contribution >= 4 is 23.6 Å². The molecular formula is C22H23N3O3. The summed E-state index contributed by atoms with van der Waals surface area (Å²) in [4.78, 5) is 23.5. The first-order chi connectivity index (χ1) is 13.5. The van der Waals surface area contributed by atoms with Crippen LogP contribution in [0.15, 0.2) is 54.6 Å². The van der Waals surface area contributed by atoms with Crippen molar-refractivity contribution in [2.75, 3.05) is 11.9 Å². The number of carbonyl (C=O) groups is 2. The van der Waals surface area contributed by atoms with E-state index in [4.69, 9.17) is 10.00 Å². The Morgan fingerprint density at radius 3 is 2.43 bits per heavy atom. The van der Waals surface area contributed by atoms with Crippen LogP contribution in [-0.4, -0.2) is 18.4 Å². The van der Waals surface area contributed by atoms with Gasteiger partial charge in [0, 0.05) is 18.2 Å². The quantitative estimate of drug-likeness (QED) is 0.684. The predicted octanol–water partition coefficient (Wildman–Crippen LogP) is 3.83. The first-order valence-electron chi connectivity index (χ1n) is 9.00. The molecule has 2 rings (SSSR count). The number of nitriles is 1. The Hall–Kier alpha value is -3.59. The van der Waals surface area contributed by atoms with Crippen LogP contribution in [-0.2, 0) is 9.59 Å². The van der Waals surface area contributed by atoms with Gasteiger partial charge in [-0.05, 0) is 48.4 Å². The highest BCUT2D eigenvalue weighted by Gasteiger charge is 2.08. The summed E-state index contributed by atoms with van der Waals surface area (Å²) in [6, 6.07) is 16.2. The first kappa shape index (κ1) is 20.7. The topological polar surface area (TPSA) is 91.2 Å². The third-order valence-corrected chi connectivity index (χ3v) is 3.98. The van der Waals surface area contributed by atoms with Crippen molar-refractivity contribution in [3.8, 4) is 11.8 Å². The van der Waals surface area contributed by atoms with E-state index in [0.717, 1.165) is 16.8 Å². The molecule has 0 saturated heterocycles. The number of rotatable bonds is 8. The first-order valence-corrected chi connectivity index (χ1v) is 9.00. The molecule has 28 heavy (non-hydrogen) atoms. The van der Waals surface area contributed by atoms with E-state index in [0.29, 0.717) is 12.2 Å². The van der Waals surface area contributed by atoms with Crippen LogP contribution in [0.1, 0.15) is 37.4 Å². The minimum absolute atomic E-state index is 0.00142. The molecule has 2 aromatic rings. The monoisotopic (exact) mass is 377 g/mol. The van der Waals surface area contributed by atoms with Crippen LogP contribution >= 0.6 is 0 Å². The number of benzene rings is 2. The van der Waals surface area contributed by atoms with Crippen LogP contribution in [0.25, 0.3) is 6.08 Å². The summed E-state index contributed by atoms with van der Waals surface area (Å²) in [7, 11) is 0. The molecule has 0 fully saturated rings. The SMILES string of the molecule is CCC(=O)Nc1ccc(C(C)NC(=O)/C=C/c2ccc(OCC#N)cc2)cc1. The summed E-state index contributed by atoms with van der Waals surface area (Å²) in [6.45, 7) is 3.69. The molecule has 0 bridgehead atoms. The molecule has 0 aliphatic carbocycles. The van der Waals surface area contributed by atoms with E-state index in [1.807, 2.05) is 49.4 Å². The Kier molecular flexibility index (Phi) is 7.79. The highest BCUT2D eigenvalue weighted by Crippen LogP contribution is 2.17. The third-order valence-electron chi connectivity index (χ3n) is 3.98. The van der Waals surface area contributed by atoms with E-state index in [-0.39, 0.29) is 24.5 Å². The minimum Gasteiger partial charge on any atom is -0.479 e. The second kappa shape index (κ2) is 10.5. The maximum absolute atomic E-state index is 12.1. The van der Waals surface area contributed by atoms with E-state index < -0.39 is 0 Å². The molecule has 2 N–H and O–H groups in total. The van der Waals surface area contributed by atoms with Crippen LogP contribution in [0.2, 0.25) is 0 Å². The largest absolute Gasteiger partial charge is 0.479 e. The maximum atomic E-state index is 12.1. The summed E-state index contributed by atoms with van der Waals surface area (Å²) in [5.74, 6) is 0.361. The summed E-state index contributed by atoms with van der Waals surface area (Å²) >= 11 is 0. The van der Waals surface area contributed by atoms with Gasteiger partial charge in [0.05, 0.1) is 6.04 Å². The molecule has 0 aliphatic heterocycles. The fourth-order valence-corrected chi connectivity index (χ4v) is 2.41. The molecule has 1 unspecified atom stereocenters. The van der Waals surface area contributed by atoms with Gasteiger partial charge in [-0.25, -0.2) is 0 Å². The van der Waals surface area contributed by atoms with Gasteiger partial charge in [0.1, 0.15) is 11.8 Å². The van der Waals surface area contributed by atoms with Crippen molar-refractivity contribution in [2.24, 2.45) is 0 Å². The van der Waals surface area contributed by atoms with E-state index in [1.165, 1.54) is 6.08 Å².